The molecule has 0 bridgehead atoms. The minimum absolute atomic E-state index is 0.733. The highest BCUT2D eigenvalue weighted by Crippen LogP contribution is 2.05. The Bertz CT molecular complexity index is 324. The van der Waals surface area contributed by atoms with E-state index in [-0.39, 0.29) is 0 Å². The molecule has 0 amide bonds. The molecule has 82 valence electrons. The first-order valence-corrected chi connectivity index (χ1v) is 8.26. The van der Waals surface area contributed by atoms with Gasteiger partial charge in [-0.1, -0.05) is 42.0 Å². The number of hydrogen-bond donors (Lipinski definition) is 0. The minimum Gasteiger partial charge on any atom is -0.409 e. The summed E-state index contributed by atoms with van der Waals surface area (Å²) in [5, 5.41) is 1.35. The van der Waals surface area contributed by atoms with Crippen LogP contribution < -0.4 is 5.19 Å². The van der Waals surface area contributed by atoms with E-state index in [0.29, 0.717) is 0 Å². The average Bonchev–Trinajstić information content (AvgIpc) is 2.18. The van der Waals surface area contributed by atoms with Crippen molar-refractivity contribution >= 4 is 13.5 Å². The van der Waals surface area contributed by atoms with Gasteiger partial charge in [-0.2, -0.15) is 0 Å². The summed E-state index contributed by atoms with van der Waals surface area (Å²) in [6.45, 7) is 9.40. The molecule has 15 heavy (non-hydrogen) atoms. The monoisotopic (exact) mass is 220 g/mol. The second kappa shape index (κ2) is 5.28. The predicted molar refractivity (Wildman–Crippen MR) is 68.9 cm³/mol. The van der Waals surface area contributed by atoms with E-state index in [1.54, 1.807) is 0 Å². The normalized spacial score (nSPS) is 11.2. The number of allylic oxidation sites excluding steroid dienone is 1. The molecule has 0 aliphatic heterocycles. The van der Waals surface area contributed by atoms with Crippen molar-refractivity contribution in [3.05, 3.63) is 42.0 Å². The van der Waals surface area contributed by atoms with Gasteiger partial charge in [-0.05, 0) is 32.1 Å². The SMILES string of the molecule is CC(C)=CCO[Si](C)(C)c1ccccc1. The zero-order valence-corrected chi connectivity index (χ0v) is 11.1. The molecule has 0 saturated carbocycles. The topological polar surface area (TPSA) is 9.23 Å². The number of benzene rings is 1. The van der Waals surface area contributed by atoms with Gasteiger partial charge in [0, 0.05) is 0 Å². The summed E-state index contributed by atoms with van der Waals surface area (Å²) in [6, 6.07) is 10.5. The zero-order valence-electron chi connectivity index (χ0n) is 10.1. The van der Waals surface area contributed by atoms with Crippen molar-refractivity contribution in [3.63, 3.8) is 0 Å². The molecule has 0 fully saturated rings. The van der Waals surface area contributed by atoms with E-state index in [1.165, 1.54) is 10.8 Å². The second-order valence-electron chi connectivity index (χ2n) is 4.47. The molecule has 0 N–H and O–H groups in total. The summed E-state index contributed by atoms with van der Waals surface area (Å²) in [6.07, 6.45) is 2.14. The second-order valence-corrected chi connectivity index (χ2v) is 8.36. The summed E-state index contributed by atoms with van der Waals surface area (Å²) < 4.78 is 5.99. The molecule has 0 unspecified atom stereocenters. The molecule has 0 aliphatic carbocycles. The average molecular weight is 220 g/mol. The maximum Gasteiger partial charge on any atom is 0.218 e. The molecule has 2 heteroatoms. The van der Waals surface area contributed by atoms with Crippen LogP contribution in [0.5, 0.6) is 0 Å². The highest BCUT2D eigenvalue weighted by molar-refractivity contribution is 6.84. The van der Waals surface area contributed by atoms with Crippen LogP contribution in [0.15, 0.2) is 42.0 Å². The molecule has 0 atom stereocenters. The largest absolute Gasteiger partial charge is 0.409 e. The third kappa shape index (κ3) is 4.02. The molecular formula is C13H20OSi. The van der Waals surface area contributed by atoms with Crippen LogP contribution in [0.4, 0.5) is 0 Å². The Labute approximate surface area is 93.9 Å². The van der Waals surface area contributed by atoms with Crippen LogP contribution in [0.3, 0.4) is 0 Å². The molecule has 0 radical (unpaired) electrons. The van der Waals surface area contributed by atoms with E-state index >= 15 is 0 Å². The van der Waals surface area contributed by atoms with Crippen LogP contribution in [0.25, 0.3) is 0 Å². The Morgan fingerprint density at radius 1 is 1.20 bits per heavy atom. The van der Waals surface area contributed by atoms with Crippen LogP contribution in [-0.4, -0.2) is 14.9 Å². The fourth-order valence-corrected chi connectivity index (χ4v) is 3.00. The fraction of sp³-hybridized carbons (Fsp3) is 0.385. The predicted octanol–water partition coefficient (Wildman–Crippen LogP) is 3.08. The molecule has 0 aliphatic rings. The highest BCUT2D eigenvalue weighted by atomic mass is 28.4. The highest BCUT2D eigenvalue weighted by Gasteiger charge is 2.24. The van der Waals surface area contributed by atoms with Crippen molar-refractivity contribution in [3.8, 4) is 0 Å². The van der Waals surface area contributed by atoms with Crippen molar-refractivity contribution in [1.82, 2.24) is 0 Å². The lowest BCUT2D eigenvalue weighted by Gasteiger charge is -2.22. The molecule has 0 heterocycles. The number of rotatable bonds is 4. The van der Waals surface area contributed by atoms with Gasteiger partial charge in [0.25, 0.3) is 0 Å². The molecule has 0 saturated heterocycles. The lowest BCUT2D eigenvalue weighted by Crippen LogP contribution is -2.44. The number of hydrogen-bond acceptors (Lipinski definition) is 1. The summed E-state index contributed by atoms with van der Waals surface area (Å²) >= 11 is 0. The Morgan fingerprint density at radius 3 is 2.33 bits per heavy atom. The van der Waals surface area contributed by atoms with Crippen molar-refractivity contribution < 1.29 is 4.43 Å². The lowest BCUT2D eigenvalue weighted by atomic mass is 10.3. The van der Waals surface area contributed by atoms with Gasteiger partial charge in [-0.15, -0.1) is 0 Å². The molecule has 0 spiro atoms. The van der Waals surface area contributed by atoms with Gasteiger partial charge < -0.3 is 4.43 Å². The van der Waals surface area contributed by atoms with Crippen LogP contribution in [0.2, 0.25) is 13.1 Å². The van der Waals surface area contributed by atoms with E-state index in [1.807, 2.05) is 6.07 Å². The third-order valence-corrected chi connectivity index (χ3v) is 5.02. The van der Waals surface area contributed by atoms with Crippen molar-refractivity contribution in [2.24, 2.45) is 0 Å². The lowest BCUT2D eigenvalue weighted by molar-refractivity contribution is 0.361. The van der Waals surface area contributed by atoms with Gasteiger partial charge in [0.05, 0.1) is 6.61 Å². The first kappa shape index (κ1) is 12.2. The Hall–Kier alpha value is -0.863. The van der Waals surface area contributed by atoms with Gasteiger partial charge in [-0.25, -0.2) is 0 Å². The van der Waals surface area contributed by atoms with Crippen LogP contribution >= 0.6 is 0 Å². The summed E-state index contributed by atoms with van der Waals surface area (Å²) in [5.41, 5.74) is 1.31. The Kier molecular flexibility index (Phi) is 4.30. The zero-order chi connectivity index (χ0) is 11.3. The van der Waals surface area contributed by atoms with E-state index < -0.39 is 8.32 Å². The minimum atomic E-state index is -1.69. The summed E-state index contributed by atoms with van der Waals surface area (Å²) in [7, 11) is -1.69. The standard InChI is InChI=1S/C13H20OSi/c1-12(2)10-11-14-15(3,4)13-8-6-5-7-9-13/h5-10H,11H2,1-4H3. The van der Waals surface area contributed by atoms with Gasteiger partial charge in [-0.3, -0.25) is 0 Å². The molecular weight excluding hydrogens is 200 g/mol. The third-order valence-electron chi connectivity index (χ3n) is 2.40. The van der Waals surface area contributed by atoms with Crippen LogP contribution in [-0.2, 0) is 4.43 Å². The van der Waals surface area contributed by atoms with Crippen molar-refractivity contribution in [1.29, 1.82) is 0 Å². The Morgan fingerprint density at radius 2 is 1.80 bits per heavy atom. The summed E-state index contributed by atoms with van der Waals surface area (Å²) in [4.78, 5) is 0. The van der Waals surface area contributed by atoms with E-state index in [4.69, 9.17) is 4.43 Å². The fourth-order valence-electron chi connectivity index (χ4n) is 1.34. The quantitative estimate of drug-likeness (QED) is 0.560. The van der Waals surface area contributed by atoms with Gasteiger partial charge in [0.2, 0.25) is 8.32 Å². The smallest absolute Gasteiger partial charge is 0.218 e. The van der Waals surface area contributed by atoms with E-state index in [2.05, 4.69) is 57.3 Å². The van der Waals surface area contributed by atoms with Crippen molar-refractivity contribution in [2.75, 3.05) is 6.61 Å². The molecule has 1 aromatic rings. The van der Waals surface area contributed by atoms with E-state index in [9.17, 15) is 0 Å². The maximum absolute atomic E-state index is 5.99. The molecule has 1 nitrogen and oxygen atoms in total. The van der Waals surface area contributed by atoms with Gasteiger partial charge in [0.1, 0.15) is 0 Å². The first-order valence-electron chi connectivity index (χ1n) is 5.35. The molecule has 1 aromatic carbocycles. The Balaban J connectivity index is 2.64. The summed E-state index contributed by atoms with van der Waals surface area (Å²) in [5.74, 6) is 0. The van der Waals surface area contributed by atoms with Crippen molar-refractivity contribution in [2.45, 2.75) is 26.9 Å². The molecule has 1 rings (SSSR count). The first-order chi connectivity index (χ1) is 7.02. The van der Waals surface area contributed by atoms with Crippen LogP contribution in [0.1, 0.15) is 13.8 Å². The molecule has 0 aromatic heterocycles. The van der Waals surface area contributed by atoms with Gasteiger partial charge >= 0.3 is 0 Å². The van der Waals surface area contributed by atoms with E-state index in [0.717, 1.165) is 6.61 Å². The van der Waals surface area contributed by atoms with Crippen LogP contribution in [0, 0.1) is 0 Å². The van der Waals surface area contributed by atoms with Gasteiger partial charge in [0.15, 0.2) is 0 Å². The maximum atomic E-state index is 5.99.